The number of amides is 3. The average Bonchev–Trinajstić information content (AvgIpc) is 3.59. The van der Waals surface area contributed by atoms with E-state index in [4.69, 9.17) is 27.2 Å². The molecule has 2 saturated heterocycles. The minimum Gasteiger partial charge on any atom is -0.483 e. The van der Waals surface area contributed by atoms with Crippen LogP contribution < -0.4 is 5.73 Å². The molecule has 4 rings (SSSR count). The summed E-state index contributed by atoms with van der Waals surface area (Å²) in [6.45, 7) is 4.31. The molecule has 2 aliphatic rings. The molecular weight excluding hydrogens is 574 g/mol. The van der Waals surface area contributed by atoms with E-state index in [0.717, 1.165) is 42.2 Å². The van der Waals surface area contributed by atoms with Gasteiger partial charge in [0.05, 0.1) is 11.4 Å². The molecule has 12 nitrogen and oxygen atoms in total. The minimum absolute atomic E-state index is 0.0643. The van der Waals surface area contributed by atoms with Gasteiger partial charge in [0.25, 0.3) is 6.47 Å². The third-order valence-electron chi connectivity index (χ3n) is 7.40. The highest BCUT2D eigenvalue weighted by atomic mass is 35.5. The van der Waals surface area contributed by atoms with Gasteiger partial charge in [0.1, 0.15) is 12.1 Å². The highest BCUT2D eigenvalue weighted by molar-refractivity contribution is 7.89. The molecular formula is C27H36ClN5O7S. The molecule has 0 aliphatic carbocycles. The van der Waals surface area contributed by atoms with Gasteiger partial charge < -0.3 is 25.5 Å². The first-order valence-corrected chi connectivity index (χ1v) is 15.1. The summed E-state index contributed by atoms with van der Waals surface area (Å²) in [5.74, 6) is -1.61. The van der Waals surface area contributed by atoms with E-state index in [0.29, 0.717) is 17.0 Å². The molecule has 0 spiro atoms. The van der Waals surface area contributed by atoms with Crippen LogP contribution >= 0.6 is 11.6 Å². The maximum Gasteiger partial charge on any atom is 0.290 e. The number of primary amides is 1. The van der Waals surface area contributed by atoms with Gasteiger partial charge in [0.2, 0.25) is 27.7 Å². The lowest BCUT2D eigenvalue weighted by atomic mass is 10.1. The number of carbonyl (C=O) groups excluding carboxylic acids is 3. The molecule has 0 saturated carbocycles. The molecule has 2 atom stereocenters. The van der Waals surface area contributed by atoms with E-state index in [1.165, 1.54) is 17.0 Å². The van der Waals surface area contributed by atoms with Crippen molar-refractivity contribution in [2.45, 2.75) is 43.2 Å². The van der Waals surface area contributed by atoms with Gasteiger partial charge in [-0.1, -0.05) is 23.7 Å². The van der Waals surface area contributed by atoms with Crippen LogP contribution in [0.25, 0.3) is 10.8 Å². The SMILES string of the molecule is C[C@@H](C(=O)N(C)CCN1CCCC1)N1CC[C@H](N(CC(N)=O)S(=O)(=O)c2ccc3cc(Cl)ccc3c2)C1=O.O=CO. The van der Waals surface area contributed by atoms with Crippen LogP contribution in [0.5, 0.6) is 0 Å². The van der Waals surface area contributed by atoms with Gasteiger partial charge in [0.15, 0.2) is 0 Å². The Morgan fingerprint density at radius 2 is 1.76 bits per heavy atom. The van der Waals surface area contributed by atoms with E-state index < -0.39 is 40.5 Å². The summed E-state index contributed by atoms with van der Waals surface area (Å²) in [6.07, 6.45) is 2.47. The van der Waals surface area contributed by atoms with Crippen molar-refractivity contribution < 1.29 is 32.7 Å². The molecule has 0 unspecified atom stereocenters. The van der Waals surface area contributed by atoms with Gasteiger partial charge in [-0.25, -0.2) is 8.42 Å². The molecule has 3 N–H and O–H groups in total. The van der Waals surface area contributed by atoms with Crippen LogP contribution in [-0.4, -0.2) is 115 Å². The number of halogens is 1. The standard InChI is InChI=1S/C26H34ClN5O5S.CH2O2/c1-18(25(34)29(2)13-14-30-10-3-4-11-30)31-12-9-23(26(31)35)32(17-24(28)33)38(36,37)22-8-6-19-15-21(27)7-5-20(19)16-22;2-1-3/h5-8,15-16,18,23H,3-4,9-14,17H2,1-2H3,(H2,28,33);1H,(H,2,3)/t18-,23-;/m0./s1. The number of hydrogen-bond acceptors (Lipinski definition) is 7. The second kappa shape index (κ2) is 14.1. The number of fused-ring (bicyclic) bond motifs is 1. The molecule has 2 fully saturated rings. The second-order valence-electron chi connectivity index (χ2n) is 10.1. The van der Waals surface area contributed by atoms with E-state index in [1.807, 2.05) is 0 Å². The fourth-order valence-electron chi connectivity index (χ4n) is 5.21. The van der Waals surface area contributed by atoms with Crippen LogP contribution in [0.15, 0.2) is 41.3 Å². The van der Waals surface area contributed by atoms with Crippen molar-refractivity contribution in [2.24, 2.45) is 5.73 Å². The van der Waals surface area contributed by atoms with Gasteiger partial charge >= 0.3 is 0 Å². The van der Waals surface area contributed by atoms with Crippen molar-refractivity contribution in [3.8, 4) is 0 Å². The zero-order valence-electron chi connectivity index (χ0n) is 23.1. The molecule has 0 bridgehead atoms. The van der Waals surface area contributed by atoms with Crippen LogP contribution in [-0.2, 0) is 29.2 Å². The van der Waals surface area contributed by atoms with Crippen LogP contribution in [0, 0.1) is 0 Å². The summed E-state index contributed by atoms with van der Waals surface area (Å²) >= 11 is 6.04. The molecule has 224 valence electrons. The van der Waals surface area contributed by atoms with Crippen molar-refractivity contribution in [2.75, 3.05) is 46.3 Å². The average molecular weight is 610 g/mol. The Kier molecular flexibility index (Phi) is 11.1. The Hall–Kier alpha value is -3.26. The summed E-state index contributed by atoms with van der Waals surface area (Å²) in [6, 6.07) is 7.68. The number of hydrogen-bond donors (Lipinski definition) is 2. The number of sulfonamides is 1. The van der Waals surface area contributed by atoms with Crippen LogP contribution in [0.1, 0.15) is 26.2 Å². The highest BCUT2D eigenvalue weighted by Gasteiger charge is 2.45. The van der Waals surface area contributed by atoms with Gasteiger partial charge in [-0.15, -0.1) is 0 Å². The van der Waals surface area contributed by atoms with Crippen molar-refractivity contribution in [1.82, 2.24) is 19.0 Å². The normalized spacial score (nSPS) is 18.3. The van der Waals surface area contributed by atoms with Crippen LogP contribution in [0.3, 0.4) is 0 Å². The van der Waals surface area contributed by atoms with Gasteiger partial charge in [-0.05, 0) is 74.3 Å². The minimum atomic E-state index is -4.27. The first kappa shape index (κ1) is 32.3. The van der Waals surface area contributed by atoms with Crippen LogP contribution in [0.4, 0.5) is 0 Å². The number of nitrogens with two attached hydrogens (primary N) is 1. The second-order valence-corrected chi connectivity index (χ2v) is 12.4. The summed E-state index contributed by atoms with van der Waals surface area (Å²) in [5.41, 5.74) is 5.41. The molecule has 2 aromatic rings. The lowest BCUT2D eigenvalue weighted by Gasteiger charge is -2.30. The fraction of sp³-hybridized carbons (Fsp3) is 0.481. The van der Waals surface area contributed by atoms with Crippen molar-refractivity contribution in [1.29, 1.82) is 0 Å². The van der Waals surface area contributed by atoms with Gasteiger partial charge in [-0.2, -0.15) is 4.31 Å². The van der Waals surface area contributed by atoms with E-state index in [1.54, 1.807) is 43.1 Å². The number of nitrogens with zero attached hydrogens (tertiary/aromatic N) is 4. The lowest BCUT2D eigenvalue weighted by Crippen LogP contribution is -2.52. The van der Waals surface area contributed by atoms with Crippen LogP contribution in [0.2, 0.25) is 5.02 Å². The predicted octanol–water partition coefficient (Wildman–Crippen LogP) is 1.21. The fourth-order valence-corrected chi connectivity index (χ4v) is 7.00. The first-order chi connectivity index (χ1) is 19.4. The van der Waals surface area contributed by atoms with Crippen molar-refractivity contribution in [3.05, 3.63) is 41.4 Å². The largest absolute Gasteiger partial charge is 0.483 e. The Morgan fingerprint density at radius 1 is 1.15 bits per heavy atom. The zero-order chi connectivity index (χ0) is 30.3. The third kappa shape index (κ3) is 7.73. The Morgan fingerprint density at radius 3 is 2.39 bits per heavy atom. The number of likely N-dealkylation sites (tertiary alicyclic amines) is 2. The molecule has 0 aromatic heterocycles. The Labute approximate surface area is 244 Å². The Balaban J connectivity index is 0.00000147. The van der Waals surface area contributed by atoms with E-state index in [9.17, 15) is 22.8 Å². The number of likely N-dealkylation sites (N-methyl/N-ethyl adjacent to an activating group) is 1. The van der Waals surface area contributed by atoms with E-state index in [2.05, 4.69) is 4.90 Å². The maximum atomic E-state index is 13.7. The number of benzene rings is 2. The quantitative estimate of drug-likeness (QED) is 0.380. The zero-order valence-corrected chi connectivity index (χ0v) is 24.7. The van der Waals surface area contributed by atoms with Gasteiger partial charge in [-0.3, -0.25) is 19.2 Å². The monoisotopic (exact) mass is 609 g/mol. The van der Waals surface area contributed by atoms with E-state index >= 15 is 0 Å². The van der Waals surface area contributed by atoms with E-state index in [-0.39, 0.29) is 30.2 Å². The van der Waals surface area contributed by atoms with Crippen molar-refractivity contribution >= 4 is 56.6 Å². The summed E-state index contributed by atoms with van der Waals surface area (Å²) in [5, 5.41) is 8.80. The third-order valence-corrected chi connectivity index (χ3v) is 9.49. The molecule has 0 radical (unpaired) electrons. The van der Waals surface area contributed by atoms with Gasteiger partial charge in [0, 0.05) is 31.7 Å². The topological polar surface area (TPSA) is 162 Å². The highest BCUT2D eigenvalue weighted by Crippen LogP contribution is 2.29. The molecule has 14 heteroatoms. The molecule has 2 heterocycles. The smallest absolute Gasteiger partial charge is 0.290 e. The summed E-state index contributed by atoms with van der Waals surface area (Å²) in [4.78, 5) is 52.1. The predicted molar refractivity (Wildman–Crippen MR) is 154 cm³/mol. The number of carboxylic acid groups (broad SMARTS) is 1. The summed E-state index contributed by atoms with van der Waals surface area (Å²) < 4.78 is 28.2. The molecule has 41 heavy (non-hydrogen) atoms. The molecule has 2 aliphatic heterocycles. The Bertz CT molecular complexity index is 1380. The number of carbonyl (C=O) groups is 4. The summed E-state index contributed by atoms with van der Waals surface area (Å²) in [7, 11) is -2.55. The maximum absolute atomic E-state index is 13.7. The first-order valence-electron chi connectivity index (χ1n) is 13.3. The molecule has 2 aromatic carbocycles. The van der Waals surface area contributed by atoms with Crippen molar-refractivity contribution in [3.63, 3.8) is 0 Å². The molecule has 3 amide bonds. The number of rotatable bonds is 10. The lowest BCUT2D eigenvalue weighted by molar-refractivity contribution is -0.143.